The molecule has 2 atom stereocenters. The third-order valence-corrected chi connectivity index (χ3v) is 6.68. The van der Waals surface area contributed by atoms with Crippen LogP contribution in [-0.2, 0) is 17.5 Å². The summed E-state index contributed by atoms with van der Waals surface area (Å²) in [6, 6.07) is 10.1. The molecule has 0 radical (unpaired) electrons. The fourth-order valence-corrected chi connectivity index (χ4v) is 4.95. The first kappa shape index (κ1) is 21.6. The Hall–Kier alpha value is -3.23. The Labute approximate surface area is 188 Å². The van der Waals surface area contributed by atoms with Gasteiger partial charge in [0.25, 0.3) is 5.91 Å². The van der Waals surface area contributed by atoms with Gasteiger partial charge in [-0.25, -0.2) is 0 Å². The summed E-state index contributed by atoms with van der Waals surface area (Å²) in [5, 5.41) is 0. The lowest BCUT2D eigenvalue weighted by Gasteiger charge is -2.47. The zero-order valence-corrected chi connectivity index (χ0v) is 17.8. The van der Waals surface area contributed by atoms with E-state index in [4.69, 9.17) is 9.47 Å². The van der Waals surface area contributed by atoms with Crippen molar-refractivity contribution in [2.45, 2.75) is 38.0 Å². The molecule has 174 valence electrons. The first-order valence-electron chi connectivity index (χ1n) is 10.9. The van der Waals surface area contributed by atoms with Gasteiger partial charge in [0, 0.05) is 37.7 Å². The molecule has 2 saturated heterocycles. The monoisotopic (exact) mass is 460 g/mol. The van der Waals surface area contributed by atoms with Crippen molar-refractivity contribution in [3.8, 4) is 11.5 Å². The van der Waals surface area contributed by atoms with Gasteiger partial charge < -0.3 is 19.3 Å². The minimum absolute atomic E-state index is 0.00620. The number of likely N-dealkylation sites (tertiary alicyclic amines) is 2. The van der Waals surface area contributed by atoms with Crippen molar-refractivity contribution < 1.29 is 32.2 Å². The SMILES string of the molecule is O=C(c1ccc2c(c1)OCO2)N1CC[C@H]2[C@H](CCC(=O)N2Cc2ccc(C(F)(F)F)cc2)C1. The number of alkyl halides is 3. The summed E-state index contributed by atoms with van der Waals surface area (Å²) in [7, 11) is 0. The Kier molecular flexibility index (Phi) is 5.42. The van der Waals surface area contributed by atoms with Crippen molar-refractivity contribution in [3.05, 3.63) is 59.2 Å². The maximum Gasteiger partial charge on any atom is 0.416 e. The Morgan fingerprint density at radius 2 is 1.79 bits per heavy atom. The Balaban J connectivity index is 1.27. The summed E-state index contributed by atoms with van der Waals surface area (Å²) >= 11 is 0. The molecule has 0 saturated carbocycles. The second kappa shape index (κ2) is 8.28. The number of fused-ring (bicyclic) bond motifs is 2. The molecule has 3 aliphatic heterocycles. The number of hydrogen-bond donors (Lipinski definition) is 0. The number of benzene rings is 2. The Morgan fingerprint density at radius 1 is 1.03 bits per heavy atom. The number of carbonyl (C=O) groups is 2. The van der Waals surface area contributed by atoms with Gasteiger partial charge in [-0.15, -0.1) is 0 Å². The van der Waals surface area contributed by atoms with Gasteiger partial charge in [-0.2, -0.15) is 13.2 Å². The number of amides is 2. The molecule has 0 spiro atoms. The normalized spacial score (nSPS) is 22.3. The summed E-state index contributed by atoms with van der Waals surface area (Å²) < 4.78 is 49.2. The van der Waals surface area contributed by atoms with Crippen LogP contribution in [0.15, 0.2) is 42.5 Å². The standard InChI is InChI=1S/C24H23F3N2O4/c25-24(26,27)18-5-1-15(2-6-18)12-29-19-9-10-28(13-17(19)4-8-22(29)30)23(31)16-3-7-20-21(11-16)33-14-32-20/h1-3,5-7,11,17,19H,4,8-10,12-14H2/t17-,19+/m1/s1. The largest absolute Gasteiger partial charge is 0.454 e. The number of rotatable bonds is 3. The van der Waals surface area contributed by atoms with E-state index in [1.54, 1.807) is 23.1 Å². The number of hydrogen-bond acceptors (Lipinski definition) is 4. The summed E-state index contributed by atoms with van der Waals surface area (Å²) in [4.78, 5) is 29.3. The molecular weight excluding hydrogens is 437 g/mol. The third kappa shape index (κ3) is 4.24. The van der Waals surface area contributed by atoms with E-state index < -0.39 is 11.7 Å². The molecule has 3 aliphatic rings. The predicted molar refractivity (Wildman–Crippen MR) is 112 cm³/mol. The highest BCUT2D eigenvalue weighted by Gasteiger charge is 2.40. The second-order valence-electron chi connectivity index (χ2n) is 8.69. The maximum absolute atomic E-state index is 13.1. The van der Waals surface area contributed by atoms with Crippen molar-refractivity contribution >= 4 is 11.8 Å². The fourth-order valence-electron chi connectivity index (χ4n) is 4.95. The van der Waals surface area contributed by atoms with E-state index in [-0.39, 0.29) is 37.1 Å². The average Bonchev–Trinajstić information content (AvgIpc) is 3.28. The smallest absolute Gasteiger partial charge is 0.416 e. The van der Waals surface area contributed by atoms with E-state index in [0.29, 0.717) is 55.0 Å². The molecule has 0 unspecified atom stereocenters. The lowest BCUT2D eigenvalue weighted by atomic mass is 9.83. The molecule has 5 rings (SSSR count). The van der Waals surface area contributed by atoms with Crippen LogP contribution in [0.2, 0.25) is 0 Å². The summed E-state index contributed by atoms with van der Waals surface area (Å²) in [6.45, 7) is 1.46. The van der Waals surface area contributed by atoms with Crippen molar-refractivity contribution in [3.63, 3.8) is 0 Å². The van der Waals surface area contributed by atoms with Gasteiger partial charge in [0.15, 0.2) is 11.5 Å². The summed E-state index contributed by atoms with van der Waals surface area (Å²) in [5.74, 6) is 1.23. The topological polar surface area (TPSA) is 59.1 Å². The lowest BCUT2D eigenvalue weighted by Crippen LogP contribution is -2.56. The van der Waals surface area contributed by atoms with Crippen LogP contribution >= 0.6 is 0 Å². The van der Waals surface area contributed by atoms with Crippen molar-refractivity contribution in [1.82, 2.24) is 9.80 Å². The highest BCUT2D eigenvalue weighted by atomic mass is 19.4. The van der Waals surface area contributed by atoms with Crippen molar-refractivity contribution in [1.29, 1.82) is 0 Å². The highest BCUT2D eigenvalue weighted by Crippen LogP contribution is 2.36. The van der Waals surface area contributed by atoms with Crippen molar-refractivity contribution in [2.75, 3.05) is 19.9 Å². The van der Waals surface area contributed by atoms with Crippen LogP contribution in [0.5, 0.6) is 11.5 Å². The van der Waals surface area contributed by atoms with Gasteiger partial charge in [-0.1, -0.05) is 12.1 Å². The lowest BCUT2D eigenvalue weighted by molar-refractivity contribution is -0.141. The minimum Gasteiger partial charge on any atom is -0.454 e. The average molecular weight is 460 g/mol. The Morgan fingerprint density at radius 3 is 2.55 bits per heavy atom. The van der Waals surface area contributed by atoms with E-state index in [0.717, 1.165) is 12.1 Å². The van der Waals surface area contributed by atoms with E-state index in [1.165, 1.54) is 12.1 Å². The Bertz CT molecular complexity index is 1070. The van der Waals surface area contributed by atoms with Crippen LogP contribution in [0, 0.1) is 5.92 Å². The molecule has 0 bridgehead atoms. The molecular formula is C24H23F3N2O4. The van der Waals surface area contributed by atoms with Crippen LogP contribution in [0.3, 0.4) is 0 Å². The molecule has 0 N–H and O–H groups in total. The summed E-state index contributed by atoms with van der Waals surface area (Å²) in [6.07, 6.45) is -2.69. The van der Waals surface area contributed by atoms with Crippen LogP contribution in [0.1, 0.15) is 40.7 Å². The first-order valence-corrected chi connectivity index (χ1v) is 10.9. The molecule has 0 aromatic heterocycles. The quantitative estimate of drug-likeness (QED) is 0.693. The van der Waals surface area contributed by atoms with Gasteiger partial charge in [0.2, 0.25) is 12.7 Å². The molecule has 2 aromatic carbocycles. The van der Waals surface area contributed by atoms with E-state index in [2.05, 4.69) is 0 Å². The number of nitrogens with zero attached hydrogens (tertiary/aromatic N) is 2. The van der Waals surface area contributed by atoms with Crippen LogP contribution in [0.25, 0.3) is 0 Å². The molecule has 2 fully saturated rings. The van der Waals surface area contributed by atoms with Gasteiger partial charge in [0.1, 0.15) is 0 Å². The molecule has 0 aliphatic carbocycles. The first-order chi connectivity index (χ1) is 15.8. The fraction of sp³-hybridized carbons (Fsp3) is 0.417. The zero-order chi connectivity index (χ0) is 23.2. The molecule has 33 heavy (non-hydrogen) atoms. The predicted octanol–water partition coefficient (Wildman–Crippen LogP) is 4.09. The molecule has 9 heteroatoms. The van der Waals surface area contributed by atoms with Gasteiger partial charge in [0.05, 0.1) is 5.56 Å². The molecule has 2 amide bonds. The minimum atomic E-state index is -4.39. The molecule has 3 heterocycles. The number of piperidine rings is 2. The van der Waals surface area contributed by atoms with Crippen LogP contribution in [-0.4, -0.2) is 47.5 Å². The van der Waals surface area contributed by atoms with Crippen LogP contribution in [0.4, 0.5) is 13.2 Å². The van der Waals surface area contributed by atoms with E-state index in [1.807, 2.05) is 4.90 Å². The van der Waals surface area contributed by atoms with Gasteiger partial charge in [-0.3, -0.25) is 9.59 Å². The molecule has 6 nitrogen and oxygen atoms in total. The highest BCUT2D eigenvalue weighted by molar-refractivity contribution is 5.95. The second-order valence-corrected chi connectivity index (χ2v) is 8.69. The van der Waals surface area contributed by atoms with Crippen LogP contribution < -0.4 is 9.47 Å². The van der Waals surface area contributed by atoms with E-state index in [9.17, 15) is 22.8 Å². The summed E-state index contributed by atoms with van der Waals surface area (Å²) in [5.41, 5.74) is 0.492. The third-order valence-electron chi connectivity index (χ3n) is 6.68. The number of carbonyl (C=O) groups excluding carboxylic acids is 2. The van der Waals surface area contributed by atoms with Crippen molar-refractivity contribution in [2.24, 2.45) is 5.92 Å². The number of halogens is 3. The van der Waals surface area contributed by atoms with Gasteiger partial charge in [-0.05, 0) is 54.7 Å². The maximum atomic E-state index is 13.1. The number of ether oxygens (including phenoxy) is 2. The van der Waals surface area contributed by atoms with E-state index >= 15 is 0 Å². The van der Waals surface area contributed by atoms with Gasteiger partial charge >= 0.3 is 6.18 Å². The zero-order valence-electron chi connectivity index (χ0n) is 17.8. The molecule has 2 aromatic rings.